The van der Waals surface area contributed by atoms with Crippen molar-refractivity contribution < 1.29 is 23.6 Å². The summed E-state index contributed by atoms with van der Waals surface area (Å²) in [6.07, 6.45) is 0. The Labute approximate surface area is 167 Å². The van der Waals surface area contributed by atoms with Gasteiger partial charge in [-0.1, -0.05) is 35.5 Å². The van der Waals surface area contributed by atoms with E-state index in [2.05, 4.69) is 15.8 Å². The summed E-state index contributed by atoms with van der Waals surface area (Å²) in [4.78, 5) is 35.6. The van der Waals surface area contributed by atoms with Crippen LogP contribution in [-0.4, -0.2) is 42.1 Å². The molecule has 0 radical (unpaired) electrons. The van der Waals surface area contributed by atoms with Crippen LogP contribution in [0.2, 0.25) is 0 Å². The summed E-state index contributed by atoms with van der Waals surface area (Å²) >= 11 is 0. The van der Waals surface area contributed by atoms with Crippen LogP contribution >= 0.6 is 0 Å². The van der Waals surface area contributed by atoms with E-state index >= 15 is 0 Å². The van der Waals surface area contributed by atoms with Crippen LogP contribution in [0.4, 0.5) is 0 Å². The van der Waals surface area contributed by atoms with Gasteiger partial charge < -0.3 is 19.9 Å². The van der Waals surface area contributed by atoms with Crippen molar-refractivity contribution in [2.24, 2.45) is 0 Å². The minimum atomic E-state index is -0.658. The largest absolute Gasteiger partial charge is 0.452 e. The minimum absolute atomic E-state index is 0.0228. The second-order valence-corrected chi connectivity index (χ2v) is 6.68. The summed E-state index contributed by atoms with van der Waals surface area (Å²) in [7, 11) is 0. The van der Waals surface area contributed by atoms with E-state index in [0.717, 1.165) is 5.56 Å². The fourth-order valence-corrected chi connectivity index (χ4v) is 2.68. The number of esters is 1. The maximum absolute atomic E-state index is 12.3. The van der Waals surface area contributed by atoms with Gasteiger partial charge in [-0.2, -0.15) is 0 Å². The molecule has 8 nitrogen and oxygen atoms in total. The van der Waals surface area contributed by atoms with Crippen molar-refractivity contribution in [3.8, 4) is 11.3 Å². The Balaban J connectivity index is 1.62. The molecular weight excluding hydrogens is 374 g/mol. The molecule has 2 aromatic carbocycles. The summed E-state index contributed by atoms with van der Waals surface area (Å²) in [5, 5.41) is 9.71. The quantitative estimate of drug-likeness (QED) is 0.594. The van der Waals surface area contributed by atoms with Crippen LogP contribution in [0.25, 0.3) is 22.2 Å². The summed E-state index contributed by atoms with van der Waals surface area (Å²) in [6, 6.07) is 14.2. The predicted octanol–water partition coefficient (Wildman–Crippen LogP) is 2.29. The lowest BCUT2D eigenvalue weighted by Gasteiger charge is -2.09. The van der Waals surface area contributed by atoms with E-state index < -0.39 is 18.5 Å². The number of fused-ring (bicyclic) bond motifs is 1. The maximum atomic E-state index is 12.3. The Bertz CT molecular complexity index is 1030. The van der Waals surface area contributed by atoms with Gasteiger partial charge in [0, 0.05) is 11.6 Å². The van der Waals surface area contributed by atoms with Crippen molar-refractivity contribution in [2.45, 2.75) is 19.9 Å². The lowest BCUT2D eigenvalue weighted by molar-refractivity contribution is -0.128. The second-order valence-electron chi connectivity index (χ2n) is 6.68. The van der Waals surface area contributed by atoms with E-state index in [4.69, 9.17) is 9.26 Å². The molecule has 3 aromatic rings. The fraction of sp³-hybridized carbons (Fsp3) is 0.238. The third kappa shape index (κ3) is 5.19. The maximum Gasteiger partial charge on any atom is 0.338 e. The molecule has 2 N–H and O–H groups in total. The first-order valence-corrected chi connectivity index (χ1v) is 9.12. The molecule has 0 aliphatic rings. The van der Waals surface area contributed by atoms with Crippen LogP contribution in [0.3, 0.4) is 0 Å². The molecule has 0 atom stereocenters. The zero-order chi connectivity index (χ0) is 20.8. The van der Waals surface area contributed by atoms with Gasteiger partial charge in [-0.25, -0.2) is 4.79 Å². The highest BCUT2D eigenvalue weighted by molar-refractivity contribution is 5.99. The number of nitrogens with zero attached hydrogens (tertiary/aromatic N) is 1. The van der Waals surface area contributed by atoms with Gasteiger partial charge in [0.2, 0.25) is 5.91 Å². The highest BCUT2D eigenvalue weighted by atomic mass is 16.5. The van der Waals surface area contributed by atoms with E-state index in [9.17, 15) is 14.4 Å². The smallest absolute Gasteiger partial charge is 0.338 e. The third-order valence-corrected chi connectivity index (χ3v) is 3.98. The highest BCUT2D eigenvalue weighted by Gasteiger charge is 2.16. The lowest BCUT2D eigenvalue weighted by Crippen LogP contribution is -2.41. The van der Waals surface area contributed by atoms with E-state index in [0.29, 0.717) is 16.7 Å². The van der Waals surface area contributed by atoms with Gasteiger partial charge >= 0.3 is 5.97 Å². The van der Waals surface area contributed by atoms with Crippen molar-refractivity contribution in [3.63, 3.8) is 0 Å². The Morgan fingerprint density at radius 1 is 1.07 bits per heavy atom. The number of carbonyl (C=O) groups is 3. The molecule has 3 rings (SSSR count). The summed E-state index contributed by atoms with van der Waals surface area (Å²) < 4.78 is 10.5. The Morgan fingerprint density at radius 2 is 1.83 bits per heavy atom. The Morgan fingerprint density at radius 3 is 2.55 bits per heavy atom. The molecule has 0 bridgehead atoms. The van der Waals surface area contributed by atoms with Crippen molar-refractivity contribution in [1.82, 2.24) is 15.8 Å². The van der Waals surface area contributed by atoms with Crippen molar-refractivity contribution >= 4 is 28.7 Å². The first-order chi connectivity index (χ1) is 13.9. The van der Waals surface area contributed by atoms with E-state index in [1.165, 1.54) is 0 Å². The topological polar surface area (TPSA) is 111 Å². The summed E-state index contributed by atoms with van der Waals surface area (Å²) in [6.45, 7) is 2.97. The van der Waals surface area contributed by atoms with Crippen LogP contribution < -0.4 is 10.6 Å². The number of hydrogen-bond donors (Lipinski definition) is 2. The molecule has 8 heteroatoms. The molecule has 0 aliphatic heterocycles. The van der Waals surface area contributed by atoms with Crippen LogP contribution in [-0.2, 0) is 14.3 Å². The first kappa shape index (κ1) is 20.1. The van der Waals surface area contributed by atoms with Gasteiger partial charge in [0.25, 0.3) is 5.91 Å². The number of rotatable bonds is 7. The van der Waals surface area contributed by atoms with Crippen LogP contribution in [0, 0.1) is 0 Å². The molecule has 150 valence electrons. The van der Waals surface area contributed by atoms with Crippen LogP contribution in [0.1, 0.15) is 24.2 Å². The average Bonchev–Trinajstić information content (AvgIpc) is 3.14. The zero-order valence-electron chi connectivity index (χ0n) is 16.1. The lowest BCUT2D eigenvalue weighted by atomic mass is 10.1. The molecule has 1 heterocycles. The zero-order valence-corrected chi connectivity index (χ0v) is 16.1. The molecule has 1 aromatic heterocycles. The SMILES string of the molecule is CC(C)NC(=O)CNC(=O)COC(=O)c1ccc2noc(-c3ccccc3)c2c1. The molecule has 29 heavy (non-hydrogen) atoms. The summed E-state index contributed by atoms with van der Waals surface area (Å²) in [5.74, 6) is -0.989. The Kier molecular flexibility index (Phi) is 6.23. The van der Waals surface area contributed by atoms with E-state index in [-0.39, 0.29) is 24.1 Å². The monoisotopic (exact) mass is 395 g/mol. The third-order valence-electron chi connectivity index (χ3n) is 3.98. The number of hydrogen-bond acceptors (Lipinski definition) is 6. The van der Waals surface area contributed by atoms with E-state index in [1.54, 1.807) is 18.2 Å². The van der Waals surface area contributed by atoms with Crippen LogP contribution in [0.5, 0.6) is 0 Å². The Hall–Kier alpha value is -3.68. The molecule has 2 amide bonds. The van der Waals surface area contributed by atoms with Crippen molar-refractivity contribution in [2.75, 3.05) is 13.2 Å². The van der Waals surface area contributed by atoms with Gasteiger partial charge in [-0.05, 0) is 32.0 Å². The standard InChI is InChI=1S/C21H21N3O5/c1-13(2)23-18(25)11-22-19(26)12-28-21(27)15-8-9-17-16(10-15)20(29-24-17)14-6-4-3-5-7-14/h3-10,13H,11-12H2,1-2H3,(H,22,26)(H,23,25). The average molecular weight is 395 g/mol. The first-order valence-electron chi connectivity index (χ1n) is 9.12. The number of aromatic nitrogens is 1. The molecule has 0 saturated carbocycles. The van der Waals surface area contributed by atoms with E-state index in [1.807, 2.05) is 44.2 Å². The highest BCUT2D eigenvalue weighted by Crippen LogP contribution is 2.29. The van der Waals surface area contributed by atoms with Crippen molar-refractivity contribution in [1.29, 1.82) is 0 Å². The van der Waals surface area contributed by atoms with Gasteiger partial charge in [0.05, 0.1) is 17.5 Å². The van der Waals surface area contributed by atoms with Crippen molar-refractivity contribution in [3.05, 3.63) is 54.1 Å². The number of benzene rings is 2. The molecule has 0 fully saturated rings. The number of ether oxygens (including phenoxy) is 1. The molecule has 0 spiro atoms. The van der Waals surface area contributed by atoms with Gasteiger partial charge in [0.15, 0.2) is 12.4 Å². The number of amides is 2. The molecule has 0 saturated heterocycles. The number of nitrogens with one attached hydrogen (secondary N) is 2. The molecular formula is C21H21N3O5. The van der Waals surface area contributed by atoms with Gasteiger partial charge in [-0.3, -0.25) is 9.59 Å². The fourth-order valence-electron chi connectivity index (χ4n) is 2.68. The number of carbonyl (C=O) groups excluding carboxylic acids is 3. The minimum Gasteiger partial charge on any atom is -0.452 e. The summed E-state index contributed by atoms with van der Waals surface area (Å²) in [5.41, 5.74) is 1.71. The van der Waals surface area contributed by atoms with Gasteiger partial charge in [-0.15, -0.1) is 0 Å². The molecule has 0 unspecified atom stereocenters. The van der Waals surface area contributed by atoms with Gasteiger partial charge in [0.1, 0.15) is 5.52 Å². The normalized spacial score (nSPS) is 10.7. The van der Waals surface area contributed by atoms with Crippen LogP contribution in [0.15, 0.2) is 53.1 Å². The molecule has 0 aliphatic carbocycles. The second kappa shape index (κ2) is 9.01. The predicted molar refractivity (Wildman–Crippen MR) is 106 cm³/mol.